The number of hydrogen-bond donors (Lipinski definition) is 0. The van der Waals surface area contributed by atoms with Gasteiger partial charge in [0.25, 0.3) is 0 Å². The Bertz CT molecular complexity index is 573. The number of carbonyl (C=O) groups excluding carboxylic acids is 1. The lowest BCUT2D eigenvalue weighted by atomic mass is 10.1. The molecule has 0 radical (unpaired) electrons. The topological polar surface area (TPSA) is 45.7 Å². The van der Waals surface area contributed by atoms with E-state index in [-0.39, 0.29) is 17.6 Å². The first-order valence-electron chi connectivity index (χ1n) is 7.61. The van der Waals surface area contributed by atoms with Crippen LogP contribution in [0.25, 0.3) is 0 Å². The van der Waals surface area contributed by atoms with Crippen molar-refractivity contribution in [3.05, 3.63) is 23.9 Å². The normalized spacial score (nSPS) is 22.5. The fraction of sp³-hybridized carbons (Fsp3) is 0.600. The summed E-state index contributed by atoms with van der Waals surface area (Å²) < 4.78 is 43.5. The van der Waals surface area contributed by atoms with Crippen molar-refractivity contribution in [2.75, 3.05) is 44.3 Å². The standard InChI is InChI=1S/C15H18F3N3O2/c16-15(17,18)12-2-1-3-13(19-12)21-5-4-11(10-21)14(22)20-6-8-23-9-7-20/h1-3,11H,4-10H2. The van der Waals surface area contributed by atoms with E-state index in [4.69, 9.17) is 4.74 Å². The van der Waals surface area contributed by atoms with Crippen LogP contribution in [0.3, 0.4) is 0 Å². The molecule has 23 heavy (non-hydrogen) atoms. The highest BCUT2D eigenvalue weighted by Crippen LogP contribution is 2.30. The van der Waals surface area contributed by atoms with E-state index in [1.165, 1.54) is 6.07 Å². The first-order chi connectivity index (χ1) is 10.9. The van der Waals surface area contributed by atoms with Gasteiger partial charge in [-0.05, 0) is 18.6 Å². The Balaban J connectivity index is 1.66. The first kappa shape index (κ1) is 16.0. The molecule has 5 nitrogen and oxygen atoms in total. The molecule has 1 atom stereocenters. The largest absolute Gasteiger partial charge is 0.433 e. The lowest BCUT2D eigenvalue weighted by molar-refractivity contribution is -0.141. The Morgan fingerprint density at radius 2 is 1.96 bits per heavy atom. The summed E-state index contributed by atoms with van der Waals surface area (Å²) >= 11 is 0. The zero-order valence-corrected chi connectivity index (χ0v) is 12.6. The Morgan fingerprint density at radius 1 is 1.22 bits per heavy atom. The minimum atomic E-state index is -4.46. The predicted octanol–water partition coefficient (Wildman–Crippen LogP) is 1.79. The predicted molar refractivity (Wildman–Crippen MR) is 77.0 cm³/mol. The molecule has 3 rings (SSSR count). The molecule has 1 unspecified atom stereocenters. The second kappa shape index (κ2) is 6.35. The van der Waals surface area contributed by atoms with Crippen LogP contribution in [0, 0.1) is 5.92 Å². The molecule has 0 bridgehead atoms. The summed E-state index contributed by atoms with van der Waals surface area (Å²) in [6, 6.07) is 3.86. The minimum absolute atomic E-state index is 0.0581. The van der Waals surface area contributed by atoms with E-state index in [1.54, 1.807) is 15.9 Å². The molecule has 1 aromatic heterocycles. The number of rotatable bonds is 2. The maximum Gasteiger partial charge on any atom is 0.433 e. The molecule has 2 saturated heterocycles. The molecule has 0 aliphatic carbocycles. The molecule has 126 valence electrons. The molecule has 2 aliphatic heterocycles. The van der Waals surface area contributed by atoms with Crippen molar-refractivity contribution in [3.8, 4) is 0 Å². The van der Waals surface area contributed by atoms with Crippen molar-refractivity contribution in [2.24, 2.45) is 5.92 Å². The average Bonchev–Trinajstić information content (AvgIpc) is 3.04. The van der Waals surface area contributed by atoms with Crippen molar-refractivity contribution in [3.63, 3.8) is 0 Å². The van der Waals surface area contributed by atoms with Crippen LogP contribution < -0.4 is 4.90 Å². The first-order valence-corrected chi connectivity index (χ1v) is 7.61. The number of amides is 1. The number of nitrogens with zero attached hydrogens (tertiary/aromatic N) is 3. The molecule has 0 aromatic carbocycles. The van der Waals surface area contributed by atoms with E-state index in [2.05, 4.69) is 4.98 Å². The quantitative estimate of drug-likeness (QED) is 0.830. The molecule has 1 amide bonds. The summed E-state index contributed by atoms with van der Waals surface area (Å²) in [5.41, 5.74) is -0.905. The molecule has 8 heteroatoms. The molecule has 0 spiro atoms. The van der Waals surface area contributed by atoms with Crippen LogP contribution >= 0.6 is 0 Å². The van der Waals surface area contributed by atoms with Gasteiger partial charge in [-0.25, -0.2) is 4.98 Å². The van der Waals surface area contributed by atoms with Gasteiger partial charge in [0.1, 0.15) is 11.5 Å². The maximum absolute atomic E-state index is 12.7. The third kappa shape index (κ3) is 3.57. The van der Waals surface area contributed by atoms with Gasteiger partial charge < -0.3 is 14.5 Å². The van der Waals surface area contributed by atoms with Gasteiger partial charge in [-0.3, -0.25) is 4.79 Å². The van der Waals surface area contributed by atoms with Crippen molar-refractivity contribution in [1.29, 1.82) is 0 Å². The highest BCUT2D eigenvalue weighted by molar-refractivity contribution is 5.80. The second-order valence-corrected chi connectivity index (χ2v) is 5.75. The number of morpholine rings is 1. The zero-order chi connectivity index (χ0) is 16.4. The van der Waals surface area contributed by atoms with Crippen LogP contribution in [0.5, 0.6) is 0 Å². The lowest BCUT2D eigenvalue weighted by Gasteiger charge is -2.29. The average molecular weight is 329 g/mol. The van der Waals surface area contributed by atoms with E-state index in [9.17, 15) is 18.0 Å². The van der Waals surface area contributed by atoms with Gasteiger partial charge in [-0.1, -0.05) is 6.07 Å². The van der Waals surface area contributed by atoms with E-state index in [0.717, 1.165) is 6.07 Å². The Hall–Kier alpha value is -1.83. The van der Waals surface area contributed by atoms with Crippen molar-refractivity contribution in [1.82, 2.24) is 9.88 Å². The van der Waals surface area contributed by atoms with Crippen LogP contribution in [-0.4, -0.2) is 55.2 Å². The molecular weight excluding hydrogens is 311 g/mol. The van der Waals surface area contributed by atoms with E-state index in [1.807, 2.05) is 0 Å². The fourth-order valence-electron chi connectivity index (χ4n) is 2.97. The van der Waals surface area contributed by atoms with Gasteiger partial charge in [0, 0.05) is 26.2 Å². The summed E-state index contributed by atoms with van der Waals surface area (Å²) in [7, 11) is 0. The van der Waals surface area contributed by atoms with Crippen molar-refractivity contribution in [2.45, 2.75) is 12.6 Å². The summed E-state index contributed by atoms with van der Waals surface area (Å²) in [5, 5.41) is 0. The number of halogens is 3. The van der Waals surface area contributed by atoms with Gasteiger partial charge in [-0.2, -0.15) is 13.2 Å². The van der Waals surface area contributed by atoms with Crippen LogP contribution in [0.4, 0.5) is 19.0 Å². The van der Waals surface area contributed by atoms with Gasteiger partial charge in [-0.15, -0.1) is 0 Å². The number of carbonyl (C=O) groups is 1. The molecule has 0 N–H and O–H groups in total. The second-order valence-electron chi connectivity index (χ2n) is 5.75. The number of pyridine rings is 1. The Morgan fingerprint density at radius 3 is 2.65 bits per heavy atom. The number of hydrogen-bond acceptors (Lipinski definition) is 4. The smallest absolute Gasteiger partial charge is 0.378 e. The molecule has 2 aliphatic rings. The number of aromatic nitrogens is 1. The van der Waals surface area contributed by atoms with E-state index in [0.29, 0.717) is 45.8 Å². The number of ether oxygens (including phenoxy) is 1. The summed E-state index contributed by atoms with van der Waals surface area (Å²) in [6.07, 6.45) is -3.83. The van der Waals surface area contributed by atoms with E-state index < -0.39 is 11.9 Å². The molecule has 3 heterocycles. The number of anilines is 1. The van der Waals surface area contributed by atoms with Crippen LogP contribution in [-0.2, 0) is 15.7 Å². The third-order valence-electron chi connectivity index (χ3n) is 4.21. The van der Waals surface area contributed by atoms with Gasteiger partial charge in [0.15, 0.2) is 0 Å². The van der Waals surface area contributed by atoms with Gasteiger partial charge >= 0.3 is 6.18 Å². The summed E-state index contributed by atoms with van der Waals surface area (Å²) in [4.78, 5) is 19.7. The molecule has 0 saturated carbocycles. The Labute approximate surface area is 132 Å². The van der Waals surface area contributed by atoms with Crippen molar-refractivity contribution >= 4 is 11.7 Å². The van der Waals surface area contributed by atoms with Gasteiger partial charge in [0.05, 0.1) is 19.1 Å². The summed E-state index contributed by atoms with van der Waals surface area (Å²) in [5.74, 6) is 0.143. The molecule has 1 aromatic rings. The summed E-state index contributed by atoms with van der Waals surface area (Å²) in [6.45, 7) is 3.18. The molecular formula is C15H18F3N3O2. The zero-order valence-electron chi connectivity index (χ0n) is 12.6. The Kier molecular flexibility index (Phi) is 4.43. The van der Waals surface area contributed by atoms with Crippen LogP contribution in [0.2, 0.25) is 0 Å². The maximum atomic E-state index is 12.7. The van der Waals surface area contributed by atoms with Gasteiger partial charge in [0.2, 0.25) is 5.91 Å². The minimum Gasteiger partial charge on any atom is -0.378 e. The third-order valence-corrected chi connectivity index (χ3v) is 4.21. The highest BCUT2D eigenvalue weighted by atomic mass is 19.4. The lowest BCUT2D eigenvalue weighted by Crippen LogP contribution is -2.44. The van der Waals surface area contributed by atoms with Crippen LogP contribution in [0.1, 0.15) is 12.1 Å². The fourth-order valence-corrected chi connectivity index (χ4v) is 2.97. The SMILES string of the molecule is O=C(C1CCN(c2cccc(C(F)(F)F)n2)C1)N1CCOCC1. The van der Waals surface area contributed by atoms with Crippen LogP contribution in [0.15, 0.2) is 18.2 Å². The molecule has 2 fully saturated rings. The highest BCUT2D eigenvalue weighted by Gasteiger charge is 2.35. The van der Waals surface area contributed by atoms with Crippen molar-refractivity contribution < 1.29 is 22.7 Å². The number of alkyl halides is 3. The monoisotopic (exact) mass is 329 g/mol. The van der Waals surface area contributed by atoms with E-state index >= 15 is 0 Å².